The summed E-state index contributed by atoms with van der Waals surface area (Å²) in [6, 6.07) is 3.00. The van der Waals surface area contributed by atoms with Crippen molar-refractivity contribution in [1.82, 2.24) is 4.57 Å². The minimum absolute atomic E-state index is 0.0390. The Bertz CT molecular complexity index is 477. The molecule has 0 aliphatic heterocycles. The zero-order chi connectivity index (χ0) is 13.8. The quantitative estimate of drug-likeness (QED) is 0.901. The van der Waals surface area contributed by atoms with Crippen LogP contribution in [-0.2, 0) is 11.3 Å². The number of nitrogens with one attached hydrogen (secondary N) is 1. The van der Waals surface area contributed by atoms with Gasteiger partial charge in [-0.05, 0) is 32.9 Å². The van der Waals surface area contributed by atoms with E-state index in [4.69, 9.17) is 4.74 Å². The second-order valence-electron chi connectivity index (χ2n) is 4.74. The van der Waals surface area contributed by atoms with E-state index in [2.05, 4.69) is 5.32 Å². The first kappa shape index (κ1) is 14.2. The van der Waals surface area contributed by atoms with Gasteiger partial charge in [0.25, 0.3) is 5.56 Å². The van der Waals surface area contributed by atoms with Crippen LogP contribution in [0.1, 0.15) is 20.8 Å². The molecule has 18 heavy (non-hydrogen) atoms. The highest BCUT2D eigenvalue weighted by Gasteiger charge is 2.17. The molecule has 0 unspecified atom stereocenters. The highest BCUT2D eigenvalue weighted by atomic mass is 19.1. The van der Waals surface area contributed by atoms with E-state index in [1.165, 1.54) is 16.8 Å². The normalized spacial score (nSPS) is 11.1. The fourth-order valence-corrected chi connectivity index (χ4v) is 1.31. The summed E-state index contributed by atoms with van der Waals surface area (Å²) in [6.45, 7) is 4.48. The molecule has 1 heterocycles. The van der Waals surface area contributed by atoms with Gasteiger partial charge in [0.15, 0.2) is 0 Å². The van der Waals surface area contributed by atoms with Crippen LogP contribution in [0.4, 0.5) is 14.9 Å². The number of aromatic nitrogens is 1. The fourth-order valence-electron chi connectivity index (χ4n) is 1.31. The van der Waals surface area contributed by atoms with E-state index >= 15 is 0 Å². The van der Waals surface area contributed by atoms with Gasteiger partial charge in [-0.1, -0.05) is 0 Å². The van der Waals surface area contributed by atoms with Crippen LogP contribution in [0.3, 0.4) is 0 Å². The summed E-state index contributed by atoms with van der Waals surface area (Å²) in [4.78, 5) is 23.3. The van der Waals surface area contributed by atoms with Crippen LogP contribution >= 0.6 is 0 Å². The monoisotopic (exact) mass is 256 g/mol. The van der Waals surface area contributed by atoms with Crippen molar-refractivity contribution in [3.05, 3.63) is 28.7 Å². The Kier molecular flexibility index (Phi) is 4.47. The lowest BCUT2D eigenvalue weighted by Crippen LogP contribution is -2.30. The van der Waals surface area contributed by atoms with E-state index in [0.717, 1.165) is 0 Å². The molecule has 6 heteroatoms. The molecule has 1 aromatic rings. The standard InChI is InChI=1S/C12H17FN2O3/c1-12(2,3)18-11(17)14-9-5-4-7-15(8-6-13)10(9)16/h4-5,7H,6,8H2,1-3H3,(H,14,17). The van der Waals surface area contributed by atoms with Crippen LogP contribution in [0.2, 0.25) is 0 Å². The molecular weight excluding hydrogens is 239 g/mol. The van der Waals surface area contributed by atoms with Gasteiger partial charge in [0.05, 0.1) is 6.54 Å². The van der Waals surface area contributed by atoms with Crippen LogP contribution in [0.5, 0.6) is 0 Å². The van der Waals surface area contributed by atoms with Crippen molar-refractivity contribution in [3.8, 4) is 0 Å². The summed E-state index contributed by atoms with van der Waals surface area (Å²) < 4.78 is 18.4. The van der Waals surface area contributed by atoms with Crippen molar-refractivity contribution < 1.29 is 13.9 Å². The number of carbonyl (C=O) groups is 1. The summed E-state index contributed by atoms with van der Waals surface area (Å²) in [7, 11) is 0. The predicted octanol–water partition coefficient (Wildman–Crippen LogP) is 2.16. The van der Waals surface area contributed by atoms with Crippen LogP contribution in [0, 0.1) is 0 Å². The number of rotatable bonds is 3. The molecular formula is C12H17FN2O3. The fraction of sp³-hybridized carbons (Fsp3) is 0.500. The number of pyridine rings is 1. The van der Waals surface area contributed by atoms with Crippen LogP contribution in [-0.4, -0.2) is 22.9 Å². The summed E-state index contributed by atoms with van der Waals surface area (Å²) in [5.74, 6) is 0. The summed E-state index contributed by atoms with van der Waals surface area (Å²) in [5.41, 5.74) is -1.03. The van der Waals surface area contributed by atoms with Crippen molar-refractivity contribution in [1.29, 1.82) is 0 Å². The van der Waals surface area contributed by atoms with Crippen molar-refractivity contribution in [3.63, 3.8) is 0 Å². The molecule has 1 aromatic heterocycles. The second kappa shape index (κ2) is 5.66. The smallest absolute Gasteiger partial charge is 0.412 e. The molecule has 0 saturated carbocycles. The lowest BCUT2D eigenvalue weighted by molar-refractivity contribution is 0.0635. The largest absolute Gasteiger partial charge is 0.444 e. The molecule has 1 amide bonds. The number of carbonyl (C=O) groups excluding carboxylic acids is 1. The van der Waals surface area contributed by atoms with E-state index < -0.39 is 23.9 Å². The lowest BCUT2D eigenvalue weighted by atomic mass is 10.2. The molecule has 0 aliphatic carbocycles. The Balaban J connectivity index is 2.82. The van der Waals surface area contributed by atoms with Gasteiger partial charge in [-0.15, -0.1) is 0 Å². The Morgan fingerprint density at radius 2 is 2.17 bits per heavy atom. The van der Waals surface area contributed by atoms with Gasteiger partial charge >= 0.3 is 6.09 Å². The van der Waals surface area contributed by atoms with Crippen molar-refractivity contribution in [2.45, 2.75) is 32.9 Å². The first-order chi connectivity index (χ1) is 8.33. The molecule has 0 bridgehead atoms. The molecule has 0 aliphatic rings. The van der Waals surface area contributed by atoms with E-state index in [1.54, 1.807) is 26.8 Å². The van der Waals surface area contributed by atoms with Gasteiger partial charge in [0, 0.05) is 6.20 Å². The number of amides is 1. The molecule has 1 N–H and O–H groups in total. The number of nitrogens with zero attached hydrogens (tertiary/aromatic N) is 1. The maximum absolute atomic E-state index is 12.2. The van der Waals surface area contributed by atoms with E-state index in [0.29, 0.717) is 0 Å². The third kappa shape index (κ3) is 4.20. The maximum atomic E-state index is 12.2. The van der Waals surface area contributed by atoms with Crippen molar-refractivity contribution in [2.75, 3.05) is 12.0 Å². The molecule has 0 radical (unpaired) electrons. The predicted molar refractivity (Wildman–Crippen MR) is 66.5 cm³/mol. The number of aryl methyl sites for hydroxylation is 1. The van der Waals surface area contributed by atoms with Gasteiger partial charge in [-0.2, -0.15) is 0 Å². The SMILES string of the molecule is CC(C)(C)OC(=O)Nc1cccn(CCF)c1=O. The van der Waals surface area contributed by atoms with Crippen molar-refractivity contribution in [2.24, 2.45) is 0 Å². The van der Waals surface area contributed by atoms with Gasteiger partial charge in [-0.3, -0.25) is 10.1 Å². The summed E-state index contributed by atoms with van der Waals surface area (Å²) >= 11 is 0. The highest BCUT2D eigenvalue weighted by Crippen LogP contribution is 2.09. The zero-order valence-corrected chi connectivity index (χ0v) is 10.7. The second-order valence-corrected chi connectivity index (χ2v) is 4.74. The van der Waals surface area contributed by atoms with Crippen molar-refractivity contribution >= 4 is 11.8 Å². The van der Waals surface area contributed by atoms with Gasteiger partial charge in [0.2, 0.25) is 0 Å². The molecule has 0 saturated heterocycles. The van der Waals surface area contributed by atoms with Gasteiger partial charge in [0.1, 0.15) is 18.0 Å². The minimum Gasteiger partial charge on any atom is -0.444 e. The third-order valence-corrected chi connectivity index (χ3v) is 1.98. The molecule has 0 atom stereocenters. The average Bonchev–Trinajstić information content (AvgIpc) is 2.21. The molecule has 100 valence electrons. The molecule has 0 spiro atoms. The Morgan fingerprint density at radius 3 is 2.72 bits per heavy atom. The van der Waals surface area contributed by atoms with Gasteiger partial charge in [-0.25, -0.2) is 9.18 Å². The number of halogens is 1. The number of anilines is 1. The van der Waals surface area contributed by atoms with E-state index in [1.807, 2.05) is 0 Å². The molecule has 0 fully saturated rings. The van der Waals surface area contributed by atoms with Crippen LogP contribution in [0.25, 0.3) is 0 Å². The molecule has 5 nitrogen and oxygen atoms in total. The van der Waals surface area contributed by atoms with E-state index in [-0.39, 0.29) is 12.2 Å². The molecule has 0 aromatic carbocycles. The Morgan fingerprint density at radius 1 is 1.50 bits per heavy atom. The Labute approximate surface area is 105 Å². The topological polar surface area (TPSA) is 60.3 Å². The third-order valence-electron chi connectivity index (χ3n) is 1.98. The first-order valence-corrected chi connectivity index (χ1v) is 5.59. The summed E-state index contributed by atoms with van der Waals surface area (Å²) in [5, 5.41) is 2.35. The zero-order valence-electron chi connectivity index (χ0n) is 10.7. The number of hydrogen-bond donors (Lipinski definition) is 1. The number of alkyl halides is 1. The van der Waals surface area contributed by atoms with Crippen LogP contribution < -0.4 is 10.9 Å². The Hall–Kier alpha value is -1.85. The highest BCUT2D eigenvalue weighted by molar-refractivity contribution is 5.84. The van der Waals surface area contributed by atoms with E-state index in [9.17, 15) is 14.0 Å². The van der Waals surface area contributed by atoms with Gasteiger partial charge < -0.3 is 9.30 Å². The number of hydrogen-bond acceptors (Lipinski definition) is 3. The lowest BCUT2D eigenvalue weighted by Gasteiger charge is -2.19. The average molecular weight is 256 g/mol. The van der Waals surface area contributed by atoms with Crippen LogP contribution in [0.15, 0.2) is 23.1 Å². The molecule has 1 rings (SSSR count). The maximum Gasteiger partial charge on any atom is 0.412 e. The first-order valence-electron chi connectivity index (χ1n) is 5.59. The summed E-state index contributed by atoms with van der Waals surface area (Å²) in [6.07, 6.45) is 0.750. The number of ether oxygens (including phenoxy) is 1. The minimum atomic E-state index is -0.711.